The lowest BCUT2D eigenvalue weighted by molar-refractivity contribution is 0.167. The molecule has 2 atom stereocenters. The monoisotopic (exact) mass is 285 g/mol. The van der Waals surface area contributed by atoms with Gasteiger partial charge >= 0.3 is 0 Å². The number of nitrogens with one attached hydrogen (secondary N) is 1. The highest BCUT2D eigenvalue weighted by atomic mass is 16.3. The molecule has 0 radical (unpaired) electrons. The number of hydrogen-bond donors (Lipinski definition) is 3. The van der Waals surface area contributed by atoms with Gasteiger partial charge in [-0.05, 0) is 37.5 Å². The number of para-hydroxylation sites is 1. The summed E-state index contributed by atoms with van der Waals surface area (Å²) in [5.74, 6) is 0.137. The molecule has 1 unspecified atom stereocenters. The van der Waals surface area contributed by atoms with Gasteiger partial charge in [0.15, 0.2) is 0 Å². The largest absolute Gasteiger partial charge is 0.508 e. The number of hydrogen-bond acceptors (Lipinski definition) is 3. The van der Waals surface area contributed by atoms with Crippen LogP contribution in [-0.4, -0.2) is 22.8 Å². The number of phenols is 1. The Labute approximate surface area is 126 Å². The van der Waals surface area contributed by atoms with E-state index in [1.165, 1.54) is 11.1 Å². The minimum Gasteiger partial charge on any atom is -0.508 e. The molecular weight excluding hydrogens is 262 g/mol. The fourth-order valence-electron chi connectivity index (χ4n) is 2.43. The Morgan fingerprint density at radius 1 is 1.05 bits per heavy atom. The van der Waals surface area contributed by atoms with Crippen LogP contribution in [-0.2, 0) is 6.42 Å². The maximum atomic E-state index is 10.1. The van der Waals surface area contributed by atoms with Crippen LogP contribution in [0.4, 0.5) is 0 Å². The van der Waals surface area contributed by atoms with E-state index in [0.717, 1.165) is 6.42 Å². The van der Waals surface area contributed by atoms with Crippen molar-refractivity contribution in [2.24, 2.45) is 0 Å². The topological polar surface area (TPSA) is 52.5 Å². The maximum Gasteiger partial charge on any atom is 0.121 e. The van der Waals surface area contributed by atoms with Crippen molar-refractivity contribution >= 4 is 0 Å². The number of phenolic OH excluding ortho intramolecular Hbond substituents is 1. The van der Waals surface area contributed by atoms with Gasteiger partial charge in [0.25, 0.3) is 0 Å². The summed E-state index contributed by atoms with van der Waals surface area (Å²) in [5, 5.41) is 23.2. The lowest BCUT2D eigenvalue weighted by atomic mass is 10.0. The molecule has 3 heteroatoms. The summed E-state index contributed by atoms with van der Waals surface area (Å²) in [6, 6.07) is 15.5. The smallest absolute Gasteiger partial charge is 0.121 e. The Morgan fingerprint density at radius 2 is 1.71 bits per heavy atom. The zero-order valence-electron chi connectivity index (χ0n) is 12.6. The Hall–Kier alpha value is -1.84. The molecule has 112 valence electrons. The molecule has 0 saturated carbocycles. The molecule has 0 aliphatic rings. The van der Waals surface area contributed by atoms with E-state index in [1.807, 2.05) is 18.2 Å². The summed E-state index contributed by atoms with van der Waals surface area (Å²) in [4.78, 5) is 0. The second-order valence-corrected chi connectivity index (χ2v) is 5.51. The van der Waals surface area contributed by atoms with E-state index in [-0.39, 0.29) is 11.8 Å². The second-order valence-electron chi connectivity index (χ2n) is 5.51. The molecular formula is C18H23NO2. The van der Waals surface area contributed by atoms with E-state index in [4.69, 9.17) is 0 Å². The van der Waals surface area contributed by atoms with E-state index in [2.05, 4.69) is 31.3 Å². The molecule has 3 N–H and O–H groups in total. The lowest BCUT2D eigenvalue weighted by Crippen LogP contribution is -2.32. The highest BCUT2D eigenvalue weighted by molar-refractivity contribution is 5.33. The summed E-state index contributed by atoms with van der Waals surface area (Å²) in [7, 11) is 0. The first-order valence-electron chi connectivity index (χ1n) is 7.31. The summed E-state index contributed by atoms with van der Waals surface area (Å²) >= 11 is 0. The molecule has 0 spiro atoms. The minimum atomic E-state index is -0.703. The number of aliphatic hydroxyl groups is 1. The molecule has 0 aliphatic heterocycles. The molecule has 0 fully saturated rings. The summed E-state index contributed by atoms with van der Waals surface area (Å²) < 4.78 is 0. The number of aromatic hydroxyl groups is 1. The molecule has 2 aromatic rings. The van der Waals surface area contributed by atoms with Crippen molar-refractivity contribution in [2.75, 3.05) is 6.54 Å². The molecule has 0 aromatic heterocycles. The highest BCUT2D eigenvalue weighted by Crippen LogP contribution is 2.23. The molecule has 21 heavy (non-hydrogen) atoms. The van der Waals surface area contributed by atoms with Crippen LogP contribution in [0.25, 0.3) is 0 Å². The third-order valence-electron chi connectivity index (χ3n) is 3.74. The average molecular weight is 285 g/mol. The molecule has 0 amide bonds. The lowest BCUT2D eigenvalue weighted by Gasteiger charge is -2.19. The van der Waals surface area contributed by atoms with Crippen LogP contribution in [0.1, 0.15) is 29.7 Å². The van der Waals surface area contributed by atoms with Gasteiger partial charge in [-0.25, -0.2) is 0 Å². The summed E-state index contributed by atoms with van der Waals surface area (Å²) in [6.07, 6.45) is 0.214. The summed E-state index contributed by atoms with van der Waals surface area (Å²) in [5.41, 5.74) is 3.16. The van der Waals surface area contributed by atoms with Gasteiger partial charge in [0.2, 0.25) is 0 Å². The average Bonchev–Trinajstić information content (AvgIpc) is 2.48. The molecule has 2 aromatic carbocycles. The van der Waals surface area contributed by atoms with E-state index >= 15 is 0 Å². The van der Waals surface area contributed by atoms with Crippen molar-refractivity contribution < 1.29 is 10.2 Å². The third-order valence-corrected chi connectivity index (χ3v) is 3.74. The van der Waals surface area contributed by atoms with E-state index in [9.17, 15) is 10.2 Å². The van der Waals surface area contributed by atoms with Gasteiger partial charge in [0.1, 0.15) is 5.75 Å². The van der Waals surface area contributed by atoms with Crippen molar-refractivity contribution in [2.45, 2.75) is 32.4 Å². The molecule has 0 saturated heterocycles. The molecule has 2 rings (SSSR count). The number of aryl methyl sites for hydroxylation is 1. The molecule has 0 heterocycles. The molecule has 3 nitrogen and oxygen atoms in total. The molecule has 0 bridgehead atoms. The van der Waals surface area contributed by atoms with Crippen LogP contribution in [0.3, 0.4) is 0 Å². The number of aliphatic hydroxyl groups excluding tert-OH is 1. The van der Waals surface area contributed by atoms with E-state index < -0.39 is 6.10 Å². The van der Waals surface area contributed by atoms with E-state index in [1.54, 1.807) is 18.2 Å². The van der Waals surface area contributed by atoms with Crippen LogP contribution >= 0.6 is 0 Å². The normalized spacial score (nSPS) is 13.9. The number of benzene rings is 2. The van der Waals surface area contributed by atoms with Crippen LogP contribution in [0, 0.1) is 6.92 Å². The second kappa shape index (κ2) is 7.25. The fraction of sp³-hybridized carbons (Fsp3) is 0.333. The zero-order valence-corrected chi connectivity index (χ0v) is 12.6. The van der Waals surface area contributed by atoms with Gasteiger partial charge in [0.05, 0.1) is 6.10 Å². The van der Waals surface area contributed by atoms with Crippen LogP contribution in [0.15, 0.2) is 48.5 Å². The minimum absolute atomic E-state index is 0.137. The summed E-state index contributed by atoms with van der Waals surface area (Å²) in [6.45, 7) is 4.63. The van der Waals surface area contributed by atoms with Crippen molar-refractivity contribution in [3.63, 3.8) is 0 Å². The maximum absolute atomic E-state index is 10.1. The Bertz CT molecular complexity index is 583. The zero-order chi connectivity index (χ0) is 15.2. The van der Waals surface area contributed by atoms with Gasteiger partial charge in [-0.1, -0.05) is 42.5 Å². The first-order valence-corrected chi connectivity index (χ1v) is 7.31. The van der Waals surface area contributed by atoms with Crippen molar-refractivity contribution in [1.29, 1.82) is 0 Å². The molecule has 0 aliphatic carbocycles. The standard InChI is InChI=1S/C18H23NO2/c1-13-7-3-4-8-15(13)11-14(2)19-12-18(21)16-9-5-6-10-17(16)20/h3-10,14,18-21H,11-12H2,1-2H3/t14?,18-/m0/s1. The first-order chi connectivity index (χ1) is 10.1. The van der Waals surface area contributed by atoms with Gasteiger partial charge in [-0.3, -0.25) is 0 Å². The Balaban J connectivity index is 1.88. The predicted octanol–water partition coefficient (Wildman–Crippen LogP) is 2.95. The quantitative estimate of drug-likeness (QED) is 0.765. The predicted molar refractivity (Wildman–Crippen MR) is 85.4 cm³/mol. The van der Waals surface area contributed by atoms with Crippen molar-refractivity contribution in [1.82, 2.24) is 5.32 Å². The fourth-order valence-corrected chi connectivity index (χ4v) is 2.43. The van der Waals surface area contributed by atoms with Crippen molar-refractivity contribution in [3.05, 3.63) is 65.2 Å². The third kappa shape index (κ3) is 4.31. The van der Waals surface area contributed by atoms with Crippen LogP contribution < -0.4 is 5.32 Å². The van der Waals surface area contributed by atoms with Gasteiger partial charge in [-0.2, -0.15) is 0 Å². The van der Waals surface area contributed by atoms with Gasteiger partial charge in [-0.15, -0.1) is 0 Å². The first kappa shape index (κ1) is 15.5. The van der Waals surface area contributed by atoms with Crippen LogP contribution in [0.2, 0.25) is 0 Å². The van der Waals surface area contributed by atoms with Crippen molar-refractivity contribution in [3.8, 4) is 5.75 Å². The highest BCUT2D eigenvalue weighted by Gasteiger charge is 2.13. The van der Waals surface area contributed by atoms with E-state index in [0.29, 0.717) is 12.1 Å². The van der Waals surface area contributed by atoms with Gasteiger partial charge < -0.3 is 15.5 Å². The Kier molecular flexibility index (Phi) is 5.37. The Morgan fingerprint density at radius 3 is 2.43 bits per heavy atom. The number of rotatable bonds is 6. The van der Waals surface area contributed by atoms with Crippen LogP contribution in [0.5, 0.6) is 5.75 Å². The van der Waals surface area contributed by atoms with Gasteiger partial charge in [0, 0.05) is 18.2 Å². The SMILES string of the molecule is Cc1ccccc1CC(C)NC[C@H](O)c1ccccc1O.